The molecule has 0 N–H and O–H groups in total. The predicted molar refractivity (Wildman–Crippen MR) is 145 cm³/mol. The predicted octanol–water partition coefficient (Wildman–Crippen LogP) is 4.61. The van der Waals surface area contributed by atoms with Crippen LogP contribution in [0.2, 0.25) is 0 Å². The molecule has 4 aliphatic carbocycles. The van der Waals surface area contributed by atoms with Crippen LogP contribution in [-0.2, 0) is 4.79 Å². The largest absolute Gasteiger partial charge is 0.340 e. The number of benzene rings is 2. The quantitative estimate of drug-likeness (QED) is 0.539. The number of hydrogen-bond acceptors (Lipinski definition) is 4. The van der Waals surface area contributed by atoms with E-state index in [9.17, 15) is 14.4 Å². The Bertz CT molecular complexity index is 1170. The lowest BCUT2D eigenvalue weighted by atomic mass is 9.49. The van der Waals surface area contributed by atoms with Crippen molar-refractivity contribution in [3.63, 3.8) is 0 Å². The van der Waals surface area contributed by atoms with Gasteiger partial charge in [0.1, 0.15) is 0 Å². The van der Waals surface area contributed by atoms with Gasteiger partial charge in [-0.2, -0.15) is 0 Å². The zero-order valence-corrected chi connectivity index (χ0v) is 22.2. The number of carbonyl (C=O) groups is 3. The fourth-order valence-corrected chi connectivity index (χ4v) is 8.68. The van der Waals surface area contributed by atoms with Crippen molar-refractivity contribution in [3.05, 3.63) is 47.5 Å². The lowest BCUT2D eigenvalue weighted by Crippen LogP contribution is -2.53. The monoisotopic (exact) mass is 521 g/mol. The first-order valence-corrected chi connectivity index (χ1v) is 13.9. The van der Waals surface area contributed by atoms with Crippen LogP contribution in [0.5, 0.6) is 0 Å². The Kier molecular flexibility index (Phi) is 6.31. The molecule has 2 aromatic rings. The third-order valence-corrected chi connectivity index (χ3v) is 9.91. The van der Waals surface area contributed by atoms with Gasteiger partial charge in [0, 0.05) is 62.2 Å². The molecule has 4 saturated carbocycles. The highest BCUT2D eigenvalue weighted by Gasteiger charge is 2.51. The van der Waals surface area contributed by atoms with Crippen molar-refractivity contribution in [1.29, 1.82) is 0 Å². The molecule has 6 aliphatic rings. The normalized spacial score (nSPS) is 30.6. The van der Waals surface area contributed by atoms with Crippen molar-refractivity contribution in [1.82, 2.24) is 14.7 Å². The molecule has 0 radical (unpaired) electrons. The Morgan fingerprint density at radius 3 is 1.86 bits per heavy atom. The molecule has 7 heteroatoms. The minimum absolute atomic E-state index is 0. The fourth-order valence-electron chi connectivity index (χ4n) is 8.68. The summed E-state index contributed by atoms with van der Waals surface area (Å²) in [6, 6.07) is 11.3. The molecule has 2 heterocycles. The first-order valence-electron chi connectivity index (χ1n) is 13.9. The molecule has 196 valence electrons. The van der Waals surface area contributed by atoms with Crippen molar-refractivity contribution in [2.24, 2.45) is 23.2 Å². The summed E-state index contributed by atoms with van der Waals surface area (Å²) in [5.74, 6) is 2.57. The van der Waals surface area contributed by atoms with Crippen LogP contribution < -0.4 is 0 Å². The first kappa shape index (κ1) is 24.9. The van der Waals surface area contributed by atoms with Crippen molar-refractivity contribution in [2.45, 2.75) is 44.9 Å². The van der Waals surface area contributed by atoms with Crippen LogP contribution in [0, 0.1) is 23.2 Å². The van der Waals surface area contributed by atoms with Crippen molar-refractivity contribution >= 4 is 40.9 Å². The third-order valence-electron chi connectivity index (χ3n) is 9.91. The highest BCUT2D eigenvalue weighted by molar-refractivity contribution is 6.25. The van der Waals surface area contributed by atoms with Gasteiger partial charge in [-0.3, -0.25) is 24.2 Å². The molecule has 0 unspecified atom stereocenters. The number of carbonyl (C=O) groups excluding carboxylic acids is 3. The van der Waals surface area contributed by atoms with Crippen LogP contribution in [0.15, 0.2) is 36.4 Å². The van der Waals surface area contributed by atoms with Gasteiger partial charge >= 0.3 is 0 Å². The van der Waals surface area contributed by atoms with Crippen LogP contribution in [0.3, 0.4) is 0 Å². The Morgan fingerprint density at radius 1 is 0.784 bits per heavy atom. The second-order valence-corrected chi connectivity index (χ2v) is 12.3. The maximum absolute atomic E-state index is 13.3. The Morgan fingerprint density at radius 2 is 1.32 bits per heavy atom. The topological polar surface area (TPSA) is 60.9 Å². The van der Waals surface area contributed by atoms with Gasteiger partial charge in [-0.15, -0.1) is 12.4 Å². The molecule has 5 fully saturated rings. The molecule has 2 aromatic carbocycles. The van der Waals surface area contributed by atoms with E-state index in [1.165, 1.54) is 43.4 Å². The summed E-state index contributed by atoms with van der Waals surface area (Å²) in [4.78, 5) is 45.4. The van der Waals surface area contributed by atoms with E-state index in [-0.39, 0.29) is 29.6 Å². The van der Waals surface area contributed by atoms with E-state index < -0.39 is 0 Å². The number of amides is 3. The van der Waals surface area contributed by atoms with E-state index in [1.54, 1.807) is 0 Å². The number of piperazine rings is 1. The Balaban J connectivity index is 0.00000252. The molecule has 6 nitrogen and oxygen atoms in total. The summed E-state index contributed by atoms with van der Waals surface area (Å²) in [6.07, 6.45) is 8.81. The first-order chi connectivity index (χ1) is 17.5. The van der Waals surface area contributed by atoms with E-state index in [0.717, 1.165) is 61.1 Å². The summed E-state index contributed by atoms with van der Waals surface area (Å²) < 4.78 is 0. The maximum Gasteiger partial charge on any atom is 0.261 e. The number of halogens is 1. The molecule has 8 rings (SSSR count). The zero-order valence-electron chi connectivity index (χ0n) is 21.4. The smallest absolute Gasteiger partial charge is 0.261 e. The Labute approximate surface area is 224 Å². The lowest BCUT2D eigenvalue weighted by Gasteiger charge is -2.57. The average molecular weight is 522 g/mol. The number of nitrogens with zero attached hydrogens (tertiary/aromatic N) is 3. The summed E-state index contributed by atoms with van der Waals surface area (Å²) in [6.45, 7) is 4.12. The standard InChI is InChI=1S/C30H35N3O3.ClH/c34-26(19-30-16-20-13-21(17-30)15-22(14-20)18-30)32-10-7-31(8-11-32)9-12-33-28(35)24-5-1-3-23-4-2-6-25(27(23)24)29(33)36;/h1-6,20-22H,7-19H2;1H. The molecular weight excluding hydrogens is 486 g/mol. The molecule has 4 bridgehead atoms. The van der Waals surface area contributed by atoms with Crippen LogP contribution in [0.1, 0.15) is 65.7 Å². The molecule has 3 amide bonds. The molecule has 1 saturated heterocycles. The Hall–Kier alpha value is -2.44. The highest BCUT2D eigenvalue weighted by atomic mass is 35.5. The molecule has 0 atom stereocenters. The molecule has 37 heavy (non-hydrogen) atoms. The average Bonchev–Trinajstić information content (AvgIpc) is 2.86. The molecule has 2 aliphatic heterocycles. The van der Waals surface area contributed by atoms with Gasteiger partial charge in [0.2, 0.25) is 5.91 Å². The molecule has 0 aromatic heterocycles. The van der Waals surface area contributed by atoms with Gasteiger partial charge in [-0.05, 0) is 79.2 Å². The van der Waals surface area contributed by atoms with Gasteiger partial charge in [0.25, 0.3) is 11.8 Å². The van der Waals surface area contributed by atoms with Gasteiger partial charge in [0.15, 0.2) is 0 Å². The molecule has 0 spiro atoms. The fraction of sp³-hybridized carbons (Fsp3) is 0.567. The second-order valence-electron chi connectivity index (χ2n) is 12.3. The minimum atomic E-state index is -0.200. The van der Waals surface area contributed by atoms with Crippen LogP contribution in [0.4, 0.5) is 0 Å². The number of rotatable bonds is 5. The van der Waals surface area contributed by atoms with Crippen molar-refractivity contribution < 1.29 is 14.4 Å². The second kappa shape index (κ2) is 9.39. The van der Waals surface area contributed by atoms with Crippen molar-refractivity contribution in [2.75, 3.05) is 39.3 Å². The summed E-state index contributed by atoms with van der Waals surface area (Å²) in [5, 5.41) is 1.71. The van der Waals surface area contributed by atoms with E-state index in [1.807, 2.05) is 36.4 Å². The highest BCUT2D eigenvalue weighted by Crippen LogP contribution is 2.61. The summed E-state index contributed by atoms with van der Waals surface area (Å²) in [5.41, 5.74) is 1.52. The number of imide groups is 1. The minimum Gasteiger partial charge on any atom is -0.340 e. The van der Waals surface area contributed by atoms with Gasteiger partial charge in [0.05, 0.1) is 0 Å². The number of hydrogen-bond donors (Lipinski definition) is 0. The summed E-state index contributed by atoms with van der Waals surface area (Å²) in [7, 11) is 0. The van der Waals surface area contributed by atoms with Crippen molar-refractivity contribution in [3.8, 4) is 0 Å². The SMILES string of the molecule is Cl.O=C(CC12CC3CC(CC(C3)C1)C2)N1CCN(CCN2C(=O)c3cccc4cccc(c34)C2=O)CC1. The van der Waals surface area contributed by atoms with Gasteiger partial charge in [-0.1, -0.05) is 24.3 Å². The van der Waals surface area contributed by atoms with E-state index >= 15 is 0 Å². The maximum atomic E-state index is 13.3. The van der Waals surface area contributed by atoms with Crippen LogP contribution >= 0.6 is 12.4 Å². The third kappa shape index (κ3) is 4.26. The van der Waals surface area contributed by atoms with E-state index in [0.29, 0.717) is 30.1 Å². The molecular formula is C30H36ClN3O3. The van der Waals surface area contributed by atoms with Crippen LogP contribution in [0.25, 0.3) is 10.8 Å². The zero-order chi connectivity index (χ0) is 24.4. The van der Waals surface area contributed by atoms with E-state index in [2.05, 4.69) is 9.80 Å². The lowest BCUT2D eigenvalue weighted by molar-refractivity contribution is -0.141. The summed E-state index contributed by atoms with van der Waals surface area (Å²) >= 11 is 0. The van der Waals surface area contributed by atoms with Gasteiger partial charge in [-0.25, -0.2) is 0 Å². The van der Waals surface area contributed by atoms with Crippen LogP contribution in [-0.4, -0.2) is 71.7 Å². The van der Waals surface area contributed by atoms with E-state index in [4.69, 9.17) is 0 Å². The van der Waals surface area contributed by atoms with Gasteiger partial charge < -0.3 is 4.90 Å².